The van der Waals surface area contributed by atoms with Gasteiger partial charge in [0.2, 0.25) is 0 Å². The van der Waals surface area contributed by atoms with Crippen molar-refractivity contribution in [1.29, 1.82) is 0 Å². The Morgan fingerprint density at radius 2 is 1.73 bits per heavy atom. The molecule has 0 heteroatoms. The largest absolute Gasteiger partial charge is 0.0984 e. The molecular weight excluding hydrogens is 264 g/mol. The van der Waals surface area contributed by atoms with Gasteiger partial charge in [0.1, 0.15) is 0 Å². The quantitative estimate of drug-likeness (QED) is 0.623. The van der Waals surface area contributed by atoms with Crippen molar-refractivity contribution in [1.82, 2.24) is 0 Å². The molecule has 1 aliphatic carbocycles. The fourth-order valence-electron chi connectivity index (χ4n) is 3.86. The van der Waals surface area contributed by atoms with E-state index in [9.17, 15) is 0 Å². The van der Waals surface area contributed by atoms with E-state index in [1.807, 2.05) is 6.08 Å². The molecular formula is C22H26. The minimum Gasteiger partial charge on any atom is -0.0984 e. The molecule has 0 saturated heterocycles. The SMILES string of the molecule is C=CC1=C(/C=C\C)C(c2ccccc2)(C(C)C)C(=C)/C1=C\C. The monoisotopic (exact) mass is 290 g/mol. The molecule has 0 spiro atoms. The first-order valence-electron chi connectivity index (χ1n) is 7.97. The summed E-state index contributed by atoms with van der Waals surface area (Å²) in [5, 5.41) is 0. The first-order valence-corrected chi connectivity index (χ1v) is 7.97. The van der Waals surface area contributed by atoms with Crippen molar-refractivity contribution in [3.05, 3.63) is 95.6 Å². The molecule has 1 aromatic rings. The Kier molecular flexibility index (Phi) is 4.71. The Morgan fingerprint density at radius 3 is 2.18 bits per heavy atom. The van der Waals surface area contributed by atoms with Crippen LogP contribution in [0.4, 0.5) is 0 Å². The summed E-state index contributed by atoms with van der Waals surface area (Å²) >= 11 is 0. The van der Waals surface area contributed by atoms with Crippen molar-refractivity contribution < 1.29 is 0 Å². The topological polar surface area (TPSA) is 0 Å². The summed E-state index contributed by atoms with van der Waals surface area (Å²) in [5.74, 6) is 0.404. The minimum absolute atomic E-state index is 0.181. The highest BCUT2D eigenvalue weighted by atomic mass is 14.5. The summed E-state index contributed by atoms with van der Waals surface area (Å²) in [7, 11) is 0. The Morgan fingerprint density at radius 1 is 1.09 bits per heavy atom. The summed E-state index contributed by atoms with van der Waals surface area (Å²) < 4.78 is 0. The van der Waals surface area contributed by atoms with Crippen LogP contribution in [0.3, 0.4) is 0 Å². The fourth-order valence-corrected chi connectivity index (χ4v) is 3.86. The zero-order valence-electron chi connectivity index (χ0n) is 14.2. The van der Waals surface area contributed by atoms with Crippen LogP contribution in [0.1, 0.15) is 33.3 Å². The highest BCUT2D eigenvalue weighted by Gasteiger charge is 2.47. The third-order valence-electron chi connectivity index (χ3n) is 4.73. The average molecular weight is 290 g/mol. The molecule has 0 bridgehead atoms. The van der Waals surface area contributed by atoms with Crippen LogP contribution in [0.2, 0.25) is 0 Å². The summed E-state index contributed by atoms with van der Waals surface area (Å²) in [6.45, 7) is 17.3. The molecule has 0 heterocycles. The molecule has 114 valence electrons. The number of hydrogen-bond donors (Lipinski definition) is 0. The van der Waals surface area contributed by atoms with Gasteiger partial charge in [-0.15, -0.1) is 0 Å². The number of hydrogen-bond acceptors (Lipinski definition) is 0. The van der Waals surface area contributed by atoms with Gasteiger partial charge < -0.3 is 0 Å². The Bertz CT molecular complexity index is 665. The van der Waals surface area contributed by atoms with E-state index in [1.54, 1.807) is 0 Å². The van der Waals surface area contributed by atoms with Crippen LogP contribution >= 0.6 is 0 Å². The highest BCUT2D eigenvalue weighted by Crippen LogP contribution is 2.56. The smallest absolute Gasteiger partial charge is 0.0480 e. The van der Waals surface area contributed by atoms with Crippen molar-refractivity contribution in [2.24, 2.45) is 5.92 Å². The number of allylic oxidation sites excluding steroid dienone is 8. The van der Waals surface area contributed by atoms with Crippen LogP contribution in [0.15, 0.2) is 90.1 Å². The second-order valence-electron chi connectivity index (χ2n) is 6.04. The zero-order chi connectivity index (χ0) is 16.3. The molecule has 0 amide bonds. The fraction of sp³-hybridized carbons (Fsp3) is 0.273. The molecule has 1 unspecified atom stereocenters. The highest BCUT2D eigenvalue weighted by molar-refractivity contribution is 5.73. The van der Waals surface area contributed by atoms with Crippen LogP contribution in [-0.2, 0) is 5.41 Å². The average Bonchev–Trinajstić information content (AvgIpc) is 2.77. The number of benzene rings is 1. The lowest BCUT2D eigenvalue weighted by Gasteiger charge is -2.38. The molecule has 0 radical (unpaired) electrons. The van der Waals surface area contributed by atoms with Gasteiger partial charge in [0, 0.05) is 5.41 Å². The summed E-state index contributed by atoms with van der Waals surface area (Å²) in [6, 6.07) is 10.7. The Balaban J connectivity index is 2.91. The second kappa shape index (κ2) is 6.36. The summed E-state index contributed by atoms with van der Waals surface area (Å²) in [6.07, 6.45) is 8.48. The van der Waals surface area contributed by atoms with Crippen molar-refractivity contribution in [2.45, 2.75) is 33.1 Å². The van der Waals surface area contributed by atoms with Crippen molar-refractivity contribution in [3.8, 4) is 0 Å². The normalized spacial score (nSPS) is 24.0. The lowest BCUT2D eigenvalue weighted by atomic mass is 9.64. The third-order valence-corrected chi connectivity index (χ3v) is 4.73. The lowest BCUT2D eigenvalue weighted by Crippen LogP contribution is -2.33. The van der Waals surface area contributed by atoms with Gasteiger partial charge in [0.25, 0.3) is 0 Å². The molecule has 1 aliphatic rings. The van der Waals surface area contributed by atoms with Crippen LogP contribution in [-0.4, -0.2) is 0 Å². The molecule has 0 nitrogen and oxygen atoms in total. The first kappa shape index (κ1) is 16.3. The van der Waals surface area contributed by atoms with Gasteiger partial charge >= 0.3 is 0 Å². The zero-order valence-corrected chi connectivity index (χ0v) is 14.2. The molecule has 0 saturated carbocycles. The standard InChI is InChI=1S/C22H26/c1-7-13-21-20(9-3)19(8-2)17(6)22(21,16(4)5)18-14-11-10-12-15-18/h7-16H,3,6H2,1-2,4-5H3/b13-7-,19-8+. The van der Waals surface area contributed by atoms with Gasteiger partial charge in [-0.05, 0) is 47.6 Å². The van der Waals surface area contributed by atoms with Gasteiger partial charge in [0.15, 0.2) is 0 Å². The molecule has 0 aliphatic heterocycles. The Labute approximate surface area is 135 Å². The summed E-state index contributed by atoms with van der Waals surface area (Å²) in [4.78, 5) is 0. The van der Waals surface area contributed by atoms with E-state index in [0.29, 0.717) is 5.92 Å². The van der Waals surface area contributed by atoms with Gasteiger partial charge in [-0.3, -0.25) is 0 Å². The summed E-state index contributed by atoms with van der Waals surface area (Å²) in [5.41, 5.74) is 6.05. The van der Waals surface area contributed by atoms with E-state index in [1.165, 1.54) is 27.9 Å². The molecule has 22 heavy (non-hydrogen) atoms. The van der Waals surface area contributed by atoms with E-state index in [2.05, 4.69) is 89.4 Å². The van der Waals surface area contributed by atoms with Gasteiger partial charge in [0.05, 0.1) is 0 Å². The third kappa shape index (κ3) is 2.14. The maximum atomic E-state index is 4.50. The predicted molar refractivity (Wildman–Crippen MR) is 97.9 cm³/mol. The first-order chi connectivity index (χ1) is 10.5. The maximum Gasteiger partial charge on any atom is 0.0480 e. The van der Waals surface area contributed by atoms with Crippen molar-refractivity contribution in [3.63, 3.8) is 0 Å². The second-order valence-corrected chi connectivity index (χ2v) is 6.04. The van der Waals surface area contributed by atoms with Crippen molar-refractivity contribution in [2.75, 3.05) is 0 Å². The number of rotatable bonds is 4. The van der Waals surface area contributed by atoms with E-state index < -0.39 is 0 Å². The van der Waals surface area contributed by atoms with Gasteiger partial charge in [-0.1, -0.05) is 81.6 Å². The molecule has 0 fully saturated rings. The van der Waals surface area contributed by atoms with Crippen LogP contribution in [0.5, 0.6) is 0 Å². The minimum atomic E-state index is -0.181. The lowest BCUT2D eigenvalue weighted by molar-refractivity contribution is 0.443. The van der Waals surface area contributed by atoms with Gasteiger partial charge in [-0.2, -0.15) is 0 Å². The van der Waals surface area contributed by atoms with E-state index in [0.717, 1.165) is 0 Å². The Hall–Kier alpha value is -2.08. The van der Waals surface area contributed by atoms with E-state index >= 15 is 0 Å². The molecule has 1 atom stereocenters. The van der Waals surface area contributed by atoms with Crippen LogP contribution in [0, 0.1) is 5.92 Å². The van der Waals surface area contributed by atoms with Gasteiger partial charge in [-0.25, -0.2) is 0 Å². The van der Waals surface area contributed by atoms with Crippen LogP contribution in [0.25, 0.3) is 0 Å². The van der Waals surface area contributed by atoms with Crippen molar-refractivity contribution >= 4 is 0 Å². The molecule has 2 rings (SSSR count). The molecule has 0 N–H and O–H groups in total. The van der Waals surface area contributed by atoms with E-state index in [-0.39, 0.29) is 5.41 Å². The maximum absolute atomic E-state index is 4.50. The molecule has 1 aromatic carbocycles. The van der Waals surface area contributed by atoms with E-state index in [4.69, 9.17) is 0 Å². The predicted octanol–water partition coefficient (Wildman–Crippen LogP) is 6.16. The van der Waals surface area contributed by atoms with Crippen LogP contribution < -0.4 is 0 Å². The molecule has 0 aromatic heterocycles.